The number of fused-ring (bicyclic) bond motifs is 1. The van der Waals surface area contributed by atoms with Gasteiger partial charge in [-0.25, -0.2) is 0 Å². The fraction of sp³-hybridized carbons (Fsp3) is 0.647. The molecule has 4 rings (SSSR count). The van der Waals surface area contributed by atoms with Gasteiger partial charge >= 0.3 is 0 Å². The molecule has 0 radical (unpaired) electrons. The van der Waals surface area contributed by atoms with Crippen LogP contribution in [0.5, 0.6) is 0 Å². The number of likely N-dealkylation sites (tertiary alicyclic amines) is 1. The average Bonchev–Trinajstić information content (AvgIpc) is 3.24. The van der Waals surface area contributed by atoms with Gasteiger partial charge in [0.25, 0.3) is 11.8 Å². The summed E-state index contributed by atoms with van der Waals surface area (Å²) < 4.78 is 5.95. The summed E-state index contributed by atoms with van der Waals surface area (Å²) in [5, 5.41) is 10.6. The van der Waals surface area contributed by atoms with E-state index in [9.17, 15) is 0 Å². The second-order valence-corrected chi connectivity index (χ2v) is 7.80. The molecule has 0 aromatic carbocycles. The summed E-state index contributed by atoms with van der Waals surface area (Å²) in [6.07, 6.45) is 7.11. The van der Waals surface area contributed by atoms with Crippen molar-refractivity contribution in [1.82, 2.24) is 10.2 Å². The molecule has 0 spiro atoms. The first-order chi connectivity index (χ1) is 10.8. The molecule has 4 atom stereocenters. The van der Waals surface area contributed by atoms with Gasteiger partial charge in [0.2, 0.25) is 0 Å². The zero-order chi connectivity index (χ0) is 14.9. The van der Waals surface area contributed by atoms with E-state index in [4.69, 9.17) is 4.42 Å². The summed E-state index contributed by atoms with van der Waals surface area (Å²) in [5.74, 6) is 3.37. The van der Waals surface area contributed by atoms with Gasteiger partial charge in [-0.15, -0.1) is 21.5 Å². The van der Waals surface area contributed by atoms with Crippen LogP contribution >= 0.6 is 11.3 Å². The van der Waals surface area contributed by atoms with Gasteiger partial charge in [0.1, 0.15) is 0 Å². The zero-order valence-corrected chi connectivity index (χ0v) is 13.9. The molecule has 1 unspecified atom stereocenters. The van der Waals surface area contributed by atoms with E-state index in [-0.39, 0.29) is 0 Å². The van der Waals surface area contributed by atoms with Crippen LogP contribution in [-0.2, 0) is 0 Å². The lowest BCUT2D eigenvalue weighted by atomic mass is 9.75. The largest absolute Gasteiger partial charge is 0.414 e. The minimum atomic E-state index is 0.309. The Morgan fingerprint density at radius 2 is 2.09 bits per heavy atom. The maximum absolute atomic E-state index is 5.95. The van der Waals surface area contributed by atoms with Crippen LogP contribution in [0.2, 0.25) is 0 Å². The average molecular weight is 318 g/mol. The van der Waals surface area contributed by atoms with Gasteiger partial charge in [-0.05, 0) is 43.6 Å². The van der Waals surface area contributed by atoms with Crippen LogP contribution in [0.4, 0.5) is 0 Å². The molecule has 5 heteroatoms. The molecular formula is C17H24N3OS+. The Morgan fingerprint density at radius 3 is 2.91 bits per heavy atom. The van der Waals surface area contributed by atoms with Crippen molar-refractivity contribution in [3.8, 4) is 10.8 Å². The van der Waals surface area contributed by atoms with Gasteiger partial charge in [0.15, 0.2) is 6.04 Å². The van der Waals surface area contributed by atoms with Crippen molar-refractivity contribution in [2.75, 3.05) is 13.1 Å². The highest BCUT2D eigenvalue weighted by Crippen LogP contribution is 2.33. The quantitative estimate of drug-likeness (QED) is 0.946. The number of nitrogens with zero attached hydrogens (tertiary/aromatic N) is 2. The number of hydrogen-bond donors (Lipinski definition) is 1. The Balaban J connectivity index is 1.46. The monoisotopic (exact) mass is 318 g/mol. The zero-order valence-electron chi connectivity index (χ0n) is 13.1. The van der Waals surface area contributed by atoms with Gasteiger partial charge in [-0.1, -0.05) is 18.9 Å². The van der Waals surface area contributed by atoms with Crippen LogP contribution in [-0.4, -0.2) is 23.3 Å². The molecule has 2 fully saturated rings. The number of quaternary nitrogens is 1. The summed E-state index contributed by atoms with van der Waals surface area (Å²) in [4.78, 5) is 2.69. The van der Waals surface area contributed by atoms with Crippen molar-refractivity contribution in [2.45, 2.75) is 45.1 Å². The van der Waals surface area contributed by atoms with Crippen LogP contribution in [0, 0.1) is 11.8 Å². The van der Waals surface area contributed by atoms with Crippen molar-refractivity contribution in [2.24, 2.45) is 11.8 Å². The maximum atomic E-state index is 5.95. The summed E-state index contributed by atoms with van der Waals surface area (Å²) in [6, 6.07) is 4.36. The highest BCUT2D eigenvalue weighted by molar-refractivity contribution is 7.13. The van der Waals surface area contributed by atoms with E-state index in [0.717, 1.165) is 22.6 Å². The molecule has 2 aromatic rings. The van der Waals surface area contributed by atoms with Crippen LogP contribution in [0.15, 0.2) is 21.9 Å². The minimum Gasteiger partial charge on any atom is -0.414 e. The standard InChI is InChI=1S/C17H23N3OS/c1-12(16-18-19-17(21-16)15-7-4-10-22-15)20-9-8-13-5-2-3-6-14(13)11-20/h4,7,10,12-14H,2-3,5-6,8-9,11H2,1H3/p+1/t12-,13+,14-/m1/s1. The van der Waals surface area contributed by atoms with Gasteiger partial charge < -0.3 is 9.32 Å². The topological polar surface area (TPSA) is 43.4 Å². The lowest BCUT2D eigenvalue weighted by molar-refractivity contribution is -0.940. The van der Waals surface area contributed by atoms with E-state index < -0.39 is 0 Å². The first-order valence-corrected chi connectivity index (χ1v) is 9.41. The lowest BCUT2D eigenvalue weighted by Crippen LogP contribution is -3.14. The Bertz CT molecular complexity index is 609. The molecule has 1 saturated heterocycles. The van der Waals surface area contributed by atoms with E-state index in [2.05, 4.69) is 17.1 Å². The predicted molar refractivity (Wildman–Crippen MR) is 86.8 cm³/mol. The van der Waals surface area contributed by atoms with Gasteiger partial charge in [0, 0.05) is 5.92 Å². The van der Waals surface area contributed by atoms with Crippen molar-refractivity contribution < 1.29 is 9.32 Å². The number of aromatic nitrogens is 2. The molecule has 1 N–H and O–H groups in total. The summed E-state index contributed by atoms with van der Waals surface area (Å²) in [6.45, 7) is 4.77. The van der Waals surface area contributed by atoms with Crippen molar-refractivity contribution in [3.63, 3.8) is 0 Å². The molecule has 2 aliphatic rings. The molecule has 0 amide bonds. The van der Waals surface area contributed by atoms with E-state index in [1.807, 2.05) is 17.5 Å². The summed E-state index contributed by atoms with van der Waals surface area (Å²) in [5.41, 5.74) is 0. The summed E-state index contributed by atoms with van der Waals surface area (Å²) >= 11 is 1.65. The second kappa shape index (κ2) is 6.13. The molecule has 1 aliphatic carbocycles. The Hall–Kier alpha value is -1.20. The second-order valence-electron chi connectivity index (χ2n) is 6.85. The molecule has 22 heavy (non-hydrogen) atoms. The SMILES string of the molecule is C[C@H](c1nnc(-c2cccs2)o1)[NH+]1CC[C@@H]2CCCC[C@@H]2C1. The van der Waals surface area contributed by atoms with E-state index in [1.165, 1.54) is 45.2 Å². The summed E-state index contributed by atoms with van der Waals surface area (Å²) in [7, 11) is 0. The lowest BCUT2D eigenvalue weighted by Gasteiger charge is -2.40. The first kappa shape index (κ1) is 14.4. The fourth-order valence-corrected chi connectivity index (χ4v) is 4.86. The van der Waals surface area contributed by atoms with E-state index in [1.54, 1.807) is 16.2 Å². The minimum absolute atomic E-state index is 0.309. The molecule has 118 valence electrons. The maximum Gasteiger partial charge on any atom is 0.274 e. The Morgan fingerprint density at radius 1 is 1.23 bits per heavy atom. The number of rotatable bonds is 3. The van der Waals surface area contributed by atoms with Gasteiger partial charge in [-0.3, -0.25) is 0 Å². The molecule has 2 aromatic heterocycles. The number of piperidine rings is 1. The van der Waals surface area contributed by atoms with Gasteiger partial charge in [0.05, 0.1) is 18.0 Å². The number of thiophene rings is 1. The highest BCUT2D eigenvalue weighted by Gasteiger charge is 2.37. The number of nitrogens with one attached hydrogen (secondary N) is 1. The molecular weight excluding hydrogens is 294 g/mol. The molecule has 1 aliphatic heterocycles. The van der Waals surface area contributed by atoms with Crippen LogP contribution in [0.1, 0.15) is 51.0 Å². The third kappa shape index (κ3) is 2.72. The molecule has 1 saturated carbocycles. The van der Waals surface area contributed by atoms with Crippen molar-refractivity contribution in [3.05, 3.63) is 23.4 Å². The Labute approximate surface area is 135 Å². The van der Waals surface area contributed by atoms with Crippen LogP contribution in [0.25, 0.3) is 10.8 Å². The normalized spacial score (nSPS) is 30.0. The molecule has 0 bridgehead atoms. The first-order valence-electron chi connectivity index (χ1n) is 8.53. The van der Waals surface area contributed by atoms with E-state index in [0.29, 0.717) is 11.9 Å². The van der Waals surface area contributed by atoms with Crippen molar-refractivity contribution in [1.29, 1.82) is 0 Å². The van der Waals surface area contributed by atoms with Crippen LogP contribution in [0.3, 0.4) is 0 Å². The fourth-order valence-electron chi connectivity index (χ4n) is 4.22. The third-order valence-electron chi connectivity index (χ3n) is 5.58. The van der Waals surface area contributed by atoms with Gasteiger partial charge in [-0.2, -0.15) is 0 Å². The number of hydrogen-bond acceptors (Lipinski definition) is 4. The predicted octanol–water partition coefficient (Wildman–Crippen LogP) is 2.95. The highest BCUT2D eigenvalue weighted by atomic mass is 32.1. The van der Waals surface area contributed by atoms with Crippen LogP contribution < -0.4 is 4.90 Å². The van der Waals surface area contributed by atoms with E-state index >= 15 is 0 Å². The third-order valence-corrected chi connectivity index (χ3v) is 6.44. The van der Waals surface area contributed by atoms with Crippen molar-refractivity contribution >= 4 is 11.3 Å². The smallest absolute Gasteiger partial charge is 0.274 e. The molecule has 3 heterocycles. The molecule has 4 nitrogen and oxygen atoms in total. The Kier molecular flexibility index (Phi) is 4.01.